The number of aromatic nitrogens is 1. The molecule has 24 heavy (non-hydrogen) atoms. The van der Waals surface area contributed by atoms with E-state index in [0.29, 0.717) is 5.89 Å². The van der Waals surface area contributed by atoms with E-state index in [1.807, 2.05) is 49.3 Å². The number of oxazole rings is 1. The molecule has 3 aromatic rings. The first-order chi connectivity index (χ1) is 11.4. The first-order valence-electron chi connectivity index (χ1n) is 8.22. The van der Waals surface area contributed by atoms with E-state index in [2.05, 4.69) is 31.8 Å². The van der Waals surface area contributed by atoms with E-state index >= 15 is 0 Å². The molecule has 5 heteroatoms. The molecule has 4 nitrogen and oxygen atoms in total. The number of benzene rings is 2. The van der Waals surface area contributed by atoms with Gasteiger partial charge in [-0.15, -0.1) is 0 Å². The van der Waals surface area contributed by atoms with Crippen LogP contribution in [-0.2, 0) is 14.9 Å². The molecule has 1 fully saturated rings. The highest BCUT2D eigenvalue weighted by atomic mass is 16.7. The van der Waals surface area contributed by atoms with Crippen LogP contribution in [0.2, 0.25) is 6.82 Å². The Hall–Kier alpha value is -2.11. The predicted molar refractivity (Wildman–Crippen MR) is 94.7 cm³/mol. The molecular weight excluding hydrogens is 301 g/mol. The summed E-state index contributed by atoms with van der Waals surface area (Å²) in [5.41, 5.74) is 2.53. The monoisotopic (exact) mass is 321 g/mol. The Balaban J connectivity index is 1.90. The normalized spacial score (nSPS) is 23.1. The van der Waals surface area contributed by atoms with Gasteiger partial charge in [-0.25, -0.2) is 4.98 Å². The van der Waals surface area contributed by atoms with Crippen LogP contribution < -0.4 is 0 Å². The summed E-state index contributed by atoms with van der Waals surface area (Å²) in [6.45, 7) is 8.10. The Morgan fingerprint density at radius 3 is 2.33 bits per heavy atom. The fourth-order valence-electron chi connectivity index (χ4n) is 3.49. The Morgan fingerprint density at radius 1 is 0.917 bits per heavy atom. The molecule has 1 unspecified atom stereocenters. The van der Waals surface area contributed by atoms with Gasteiger partial charge >= 0.3 is 7.12 Å². The van der Waals surface area contributed by atoms with Crippen molar-refractivity contribution in [1.82, 2.24) is 4.98 Å². The van der Waals surface area contributed by atoms with Crippen molar-refractivity contribution in [2.45, 2.75) is 38.8 Å². The smallest absolute Gasteiger partial charge is 0.436 e. The number of rotatable bonds is 2. The number of hydrogen-bond acceptors (Lipinski definition) is 4. The van der Waals surface area contributed by atoms with Gasteiger partial charge in [0, 0.05) is 5.56 Å². The van der Waals surface area contributed by atoms with E-state index < -0.39 is 11.2 Å². The standard InChI is InChI=1S/C19H20BNO3/c1-18(2)19(3,24-20(4)23-18)14-10-6-5-9-13(14)17-21-15-11-7-8-12-16(15)22-17/h5-12H,1-4H3. The second-order valence-electron chi connectivity index (χ2n) is 6.88. The van der Waals surface area contributed by atoms with E-state index in [1.165, 1.54) is 0 Å². The van der Waals surface area contributed by atoms with Crippen molar-refractivity contribution in [3.63, 3.8) is 0 Å². The Bertz CT molecular complexity index is 871. The van der Waals surface area contributed by atoms with Gasteiger partial charge in [-0.05, 0) is 51.4 Å². The van der Waals surface area contributed by atoms with Crippen molar-refractivity contribution in [2.24, 2.45) is 0 Å². The molecule has 0 radical (unpaired) electrons. The Morgan fingerprint density at radius 2 is 1.62 bits per heavy atom. The van der Waals surface area contributed by atoms with Gasteiger partial charge < -0.3 is 13.7 Å². The van der Waals surface area contributed by atoms with Crippen molar-refractivity contribution in [3.05, 3.63) is 54.1 Å². The molecule has 0 bridgehead atoms. The van der Waals surface area contributed by atoms with Crippen molar-refractivity contribution in [1.29, 1.82) is 0 Å². The summed E-state index contributed by atoms with van der Waals surface area (Å²) in [6, 6.07) is 15.9. The van der Waals surface area contributed by atoms with Crippen molar-refractivity contribution in [3.8, 4) is 11.5 Å². The molecular formula is C19H20BNO3. The SMILES string of the molecule is CB1OC(C)(C)C(C)(c2ccccc2-c2nc3ccccc3o2)O1. The fraction of sp³-hybridized carbons (Fsp3) is 0.316. The first-order valence-corrected chi connectivity index (χ1v) is 8.22. The van der Waals surface area contributed by atoms with Crippen molar-refractivity contribution >= 4 is 18.2 Å². The molecule has 4 rings (SSSR count). The molecule has 1 aliphatic heterocycles. The van der Waals surface area contributed by atoms with Crippen LogP contribution in [0.15, 0.2) is 52.9 Å². The van der Waals surface area contributed by atoms with Crippen molar-refractivity contribution < 1.29 is 13.7 Å². The topological polar surface area (TPSA) is 44.5 Å². The average molecular weight is 321 g/mol. The van der Waals surface area contributed by atoms with Crippen LogP contribution in [0.25, 0.3) is 22.6 Å². The van der Waals surface area contributed by atoms with Gasteiger partial charge in [0.05, 0.1) is 5.60 Å². The molecule has 1 aromatic heterocycles. The van der Waals surface area contributed by atoms with E-state index in [9.17, 15) is 0 Å². The second-order valence-corrected chi connectivity index (χ2v) is 6.88. The number of para-hydroxylation sites is 2. The summed E-state index contributed by atoms with van der Waals surface area (Å²) in [5.74, 6) is 0.604. The zero-order chi connectivity index (χ0) is 16.9. The first kappa shape index (κ1) is 15.4. The lowest BCUT2D eigenvalue weighted by atomic mass is 9.79. The number of hydrogen-bond donors (Lipinski definition) is 0. The third-order valence-corrected chi connectivity index (χ3v) is 4.98. The van der Waals surface area contributed by atoms with Crippen LogP contribution >= 0.6 is 0 Å². The molecule has 1 saturated heterocycles. The van der Waals surface area contributed by atoms with E-state index in [-0.39, 0.29) is 7.12 Å². The summed E-state index contributed by atoms with van der Waals surface area (Å²) >= 11 is 0. The van der Waals surface area contributed by atoms with Crippen LogP contribution in [-0.4, -0.2) is 17.7 Å². The zero-order valence-electron chi connectivity index (χ0n) is 14.4. The summed E-state index contributed by atoms with van der Waals surface area (Å²) in [5, 5.41) is 0. The maximum Gasteiger partial charge on any atom is 0.454 e. The van der Waals surface area contributed by atoms with Gasteiger partial charge in [0.25, 0.3) is 0 Å². The minimum atomic E-state index is -0.594. The molecule has 0 aliphatic carbocycles. The van der Waals surface area contributed by atoms with Crippen LogP contribution in [0.4, 0.5) is 0 Å². The van der Waals surface area contributed by atoms with Crippen LogP contribution in [0, 0.1) is 0 Å². The maximum absolute atomic E-state index is 6.19. The average Bonchev–Trinajstić information content (AvgIpc) is 3.06. The molecule has 2 aromatic carbocycles. The molecule has 2 heterocycles. The zero-order valence-corrected chi connectivity index (χ0v) is 14.4. The maximum atomic E-state index is 6.19. The quantitative estimate of drug-likeness (QED) is 0.644. The Labute approximate surface area is 141 Å². The van der Waals surface area contributed by atoms with Gasteiger partial charge in [0.2, 0.25) is 5.89 Å². The van der Waals surface area contributed by atoms with Crippen LogP contribution in [0.3, 0.4) is 0 Å². The highest BCUT2D eigenvalue weighted by Gasteiger charge is 2.54. The number of nitrogens with zero attached hydrogens (tertiary/aromatic N) is 1. The van der Waals surface area contributed by atoms with Gasteiger partial charge in [-0.3, -0.25) is 0 Å². The third kappa shape index (κ3) is 2.19. The molecule has 122 valence electrons. The van der Waals surface area contributed by atoms with E-state index in [0.717, 1.165) is 22.2 Å². The largest absolute Gasteiger partial charge is 0.454 e. The summed E-state index contributed by atoms with van der Waals surface area (Å²) in [4.78, 5) is 4.65. The molecule has 0 spiro atoms. The summed E-state index contributed by atoms with van der Waals surface area (Å²) in [7, 11) is -0.262. The van der Waals surface area contributed by atoms with Gasteiger partial charge in [-0.2, -0.15) is 0 Å². The molecule has 0 amide bonds. The van der Waals surface area contributed by atoms with E-state index in [4.69, 9.17) is 13.7 Å². The molecule has 1 aliphatic rings. The fourth-order valence-corrected chi connectivity index (χ4v) is 3.49. The minimum absolute atomic E-state index is 0.262. The predicted octanol–water partition coefficient (Wildman–Crippen LogP) is 4.65. The van der Waals surface area contributed by atoms with Crippen LogP contribution in [0.5, 0.6) is 0 Å². The van der Waals surface area contributed by atoms with Gasteiger partial charge in [-0.1, -0.05) is 30.3 Å². The minimum Gasteiger partial charge on any atom is -0.436 e. The second kappa shape index (κ2) is 5.20. The lowest BCUT2D eigenvalue weighted by Crippen LogP contribution is -2.42. The molecule has 0 N–H and O–H groups in total. The lowest BCUT2D eigenvalue weighted by Gasteiger charge is -2.37. The third-order valence-electron chi connectivity index (χ3n) is 4.98. The van der Waals surface area contributed by atoms with Crippen molar-refractivity contribution in [2.75, 3.05) is 0 Å². The lowest BCUT2D eigenvalue weighted by molar-refractivity contribution is -0.0130. The van der Waals surface area contributed by atoms with Gasteiger partial charge in [0.1, 0.15) is 11.1 Å². The van der Waals surface area contributed by atoms with Crippen LogP contribution in [0.1, 0.15) is 26.3 Å². The highest BCUT2D eigenvalue weighted by Crippen LogP contribution is 2.47. The number of fused-ring (bicyclic) bond motifs is 1. The summed E-state index contributed by atoms with van der Waals surface area (Å²) in [6.07, 6.45) is 0. The van der Waals surface area contributed by atoms with Gasteiger partial charge in [0.15, 0.2) is 5.58 Å². The molecule has 1 atom stereocenters. The Kier molecular flexibility index (Phi) is 3.34. The molecule has 0 saturated carbocycles. The van der Waals surface area contributed by atoms with E-state index in [1.54, 1.807) is 0 Å². The highest BCUT2D eigenvalue weighted by molar-refractivity contribution is 6.43. The summed E-state index contributed by atoms with van der Waals surface area (Å²) < 4.78 is 18.2.